The van der Waals surface area contributed by atoms with Crippen molar-refractivity contribution in [3.05, 3.63) is 12.2 Å². The summed E-state index contributed by atoms with van der Waals surface area (Å²) in [7, 11) is 1.94. The molecule has 0 aliphatic rings. The van der Waals surface area contributed by atoms with Crippen molar-refractivity contribution in [2.45, 2.75) is 12.8 Å². The molecule has 0 radical (unpaired) electrons. The van der Waals surface area contributed by atoms with Crippen LogP contribution < -0.4 is 5.32 Å². The first-order valence-electron chi connectivity index (χ1n) is 3.22. The first-order chi connectivity index (χ1) is 4.41. The van der Waals surface area contributed by atoms with E-state index in [9.17, 15) is 0 Å². The van der Waals surface area contributed by atoms with Gasteiger partial charge in [0.05, 0.1) is 0 Å². The van der Waals surface area contributed by atoms with Gasteiger partial charge < -0.3 is 10.7 Å². The SMILES string of the molecule is CNCCCC=CC=N. The fraction of sp³-hybridized carbons (Fsp3) is 0.571. The van der Waals surface area contributed by atoms with Gasteiger partial charge in [0.2, 0.25) is 0 Å². The lowest BCUT2D eigenvalue weighted by Gasteiger charge is -1.91. The van der Waals surface area contributed by atoms with Crippen molar-refractivity contribution >= 4 is 6.21 Å². The van der Waals surface area contributed by atoms with E-state index in [4.69, 9.17) is 5.41 Å². The molecule has 2 nitrogen and oxygen atoms in total. The van der Waals surface area contributed by atoms with E-state index in [2.05, 4.69) is 5.32 Å². The number of hydrogen-bond acceptors (Lipinski definition) is 2. The highest BCUT2D eigenvalue weighted by molar-refractivity contribution is 5.67. The zero-order valence-electron chi connectivity index (χ0n) is 5.85. The second-order valence-electron chi connectivity index (χ2n) is 1.84. The molecule has 0 saturated carbocycles. The average Bonchev–Trinajstić information content (AvgIpc) is 1.89. The smallest absolute Gasteiger partial charge is 0.0174 e. The molecule has 0 aromatic carbocycles. The molecule has 0 aromatic rings. The van der Waals surface area contributed by atoms with Gasteiger partial charge in [0.15, 0.2) is 0 Å². The van der Waals surface area contributed by atoms with Gasteiger partial charge in [-0.2, -0.15) is 0 Å². The van der Waals surface area contributed by atoms with Crippen LogP contribution in [0.25, 0.3) is 0 Å². The monoisotopic (exact) mass is 126 g/mol. The Morgan fingerprint density at radius 1 is 1.56 bits per heavy atom. The summed E-state index contributed by atoms with van der Waals surface area (Å²) in [5.74, 6) is 0. The molecule has 0 saturated heterocycles. The number of nitrogens with one attached hydrogen (secondary N) is 2. The molecule has 0 aliphatic carbocycles. The minimum Gasteiger partial charge on any atom is -0.320 e. The van der Waals surface area contributed by atoms with Crippen LogP contribution in [0.2, 0.25) is 0 Å². The fourth-order valence-corrected chi connectivity index (χ4v) is 0.561. The van der Waals surface area contributed by atoms with E-state index >= 15 is 0 Å². The van der Waals surface area contributed by atoms with Crippen LogP contribution in [-0.4, -0.2) is 19.8 Å². The summed E-state index contributed by atoms with van der Waals surface area (Å²) < 4.78 is 0. The van der Waals surface area contributed by atoms with Crippen LogP contribution >= 0.6 is 0 Å². The zero-order valence-corrected chi connectivity index (χ0v) is 5.85. The first kappa shape index (κ1) is 8.37. The maximum absolute atomic E-state index is 6.66. The summed E-state index contributed by atoms with van der Waals surface area (Å²) >= 11 is 0. The van der Waals surface area contributed by atoms with Crippen LogP contribution in [0, 0.1) is 5.41 Å². The minimum atomic E-state index is 1.06. The fourth-order valence-electron chi connectivity index (χ4n) is 0.561. The average molecular weight is 126 g/mol. The predicted octanol–water partition coefficient (Wildman–Crippen LogP) is 1.19. The highest BCUT2D eigenvalue weighted by Gasteiger charge is 1.77. The van der Waals surface area contributed by atoms with Crippen molar-refractivity contribution in [2.24, 2.45) is 0 Å². The Balaban J connectivity index is 2.90. The predicted molar refractivity (Wildman–Crippen MR) is 41.1 cm³/mol. The van der Waals surface area contributed by atoms with E-state index in [1.165, 1.54) is 6.21 Å². The summed E-state index contributed by atoms with van der Waals surface area (Å²) in [6.45, 7) is 1.06. The molecule has 0 aromatic heterocycles. The molecule has 9 heavy (non-hydrogen) atoms. The minimum absolute atomic E-state index is 1.06. The van der Waals surface area contributed by atoms with E-state index < -0.39 is 0 Å². The molecule has 0 rings (SSSR count). The molecule has 0 heterocycles. The van der Waals surface area contributed by atoms with Gasteiger partial charge in [0.1, 0.15) is 0 Å². The lowest BCUT2D eigenvalue weighted by atomic mass is 10.3. The van der Waals surface area contributed by atoms with Gasteiger partial charge in [0.25, 0.3) is 0 Å². The molecule has 0 unspecified atom stereocenters. The van der Waals surface area contributed by atoms with Crippen molar-refractivity contribution in [1.82, 2.24) is 5.32 Å². The topological polar surface area (TPSA) is 35.9 Å². The van der Waals surface area contributed by atoms with Crippen LogP contribution in [0.3, 0.4) is 0 Å². The standard InChI is InChI=1S/C7H14N2/c1-9-7-5-3-2-4-6-8/h2,4,6,8-9H,3,5,7H2,1H3. The quantitative estimate of drug-likeness (QED) is 0.421. The summed E-state index contributed by atoms with van der Waals surface area (Å²) in [5, 5.41) is 9.71. The highest BCUT2D eigenvalue weighted by atomic mass is 14.8. The van der Waals surface area contributed by atoms with Gasteiger partial charge in [-0.1, -0.05) is 6.08 Å². The molecule has 0 fully saturated rings. The Kier molecular flexibility index (Phi) is 6.85. The second kappa shape index (κ2) is 7.37. The van der Waals surface area contributed by atoms with Gasteiger partial charge in [-0.15, -0.1) is 0 Å². The highest BCUT2D eigenvalue weighted by Crippen LogP contribution is 1.86. The maximum atomic E-state index is 6.66. The third kappa shape index (κ3) is 7.37. The normalized spacial score (nSPS) is 10.3. The van der Waals surface area contributed by atoms with Crippen LogP contribution in [0.15, 0.2) is 12.2 Å². The molecule has 0 aliphatic heterocycles. The van der Waals surface area contributed by atoms with Gasteiger partial charge >= 0.3 is 0 Å². The van der Waals surface area contributed by atoms with Crippen molar-refractivity contribution in [3.63, 3.8) is 0 Å². The Labute approximate surface area is 56.5 Å². The van der Waals surface area contributed by atoms with Crippen LogP contribution in [-0.2, 0) is 0 Å². The zero-order chi connectivity index (χ0) is 6.95. The van der Waals surface area contributed by atoms with E-state index in [0.29, 0.717) is 0 Å². The maximum Gasteiger partial charge on any atom is 0.0174 e. The van der Waals surface area contributed by atoms with Crippen LogP contribution in [0.4, 0.5) is 0 Å². The van der Waals surface area contributed by atoms with Crippen molar-refractivity contribution < 1.29 is 0 Å². The lowest BCUT2D eigenvalue weighted by Crippen LogP contribution is -2.06. The molecule has 52 valence electrons. The van der Waals surface area contributed by atoms with Gasteiger partial charge in [-0.3, -0.25) is 0 Å². The summed E-state index contributed by atoms with van der Waals surface area (Å²) in [5.41, 5.74) is 0. The number of allylic oxidation sites excluding steroid dienone is 2. The van der Waals surface area contributed by atoms with Crippen molar-refractivity contribution in [2.75, 3.05) is 13.6 Å². The number of unbranched alkanes of at least 4 members (excludes halogenated alkanes) is 1. The van der Waals surface area contributed by atoms with E-state index in [0.717, 1.165) is 19.4 Å². The summed E-state index contributed by atoms with van der Waals surface area (Å²) in [6.07, 6.45) is 7.29. The Hall–Kier alpha value is -0.630. The Morgan fingerprint density at radius 3 is 2.89 bits per heavy atom. The second-order valence-corrected chi connectivity index (χ2v) is 1.84. The molecular weight excluding hydrogens is 112 g/mol. The molecule has 0 atom stereocenters. The molecule has 0 spiro atoms. The number of rotatable bonds is 5. The first-order valence-corrected chi connectivity index (χ1v) is 3.22. The van der Waals surface area contributed by atoms with E-state index in [1.54, 1.807) is 6.08 Å². The molecule has 0 amide bonds. The molecule has 2 N–H and O–H groups in total. The van der Waals surface area contributed by atoms with Crippen molar-refractivity contribution in [1.29, 1.82) is 5.41 Å². The van der Waals surface area contributed by atoms with Crippen LogP contribution in [0.1, 0.15) is 12.8 Å². The largest absolute Gasteiger partial charge is 0.320 e. The lowest BCUT2D eigenvalue weighted by molar-refractivity contribution is 0.735. The van der Waals surface area contributed by atoms with Crippen molar-refractivity contribution in [3.8, 4) is 0 Å². The van der Waals surface area contributed by atoms with Gasteiger partial charge in [-0.25, -0.2) is 0 Å². The van der Waals surface area contributed by atoms with Crippen LogP contribution in [0.5, 0.6) is 0 Å². The van der Waals surface area contributed by atoms with E-state index in [1.807, 2.05) is 13.1 Å². The Bertz CT molecular complexity index is 86.9. The summed E-state index contributed by atoms with van der Waals surface area (Å²) in [6, 6.07) is 0. The van der Waals surface area contributed by atoms with Gasteiger partial charge in [-0.05, 0) is 32.5 Å². The third-order valence-corrected chi connectivity index (χ3v) is 1.03. The molecular formula is C7H14N2. The third-order valence-electron chi connectivity index (χ3n) is 1.03. The molecule has 2 heteroatoms. The van der Waals surface area contributed by atoms with E-state index in [-0.39, 0.29) is 0 Å². The number of hydrogen-bond donors (Lipinski definition) is 2. The van der Waals surface area contributed by atoms with Gasteiger partial charge in [0, 0.05) is 6.21 Å². The molecule has 0 bridgehead atoms. The summed E-state index contributed by atoms with van der Waals surface area (Å²) in [4.78, 5) is 0. The Morgan fingerprint density at radius 2 is 2.33 bits per heavy atom.